The van der Waals surface area contributed by atoms with Gasteiger partial charge in [0.15, 0.2) is 0 Å². The molecule has 0 N–H and O–H groups in total. The van der Waals surface area contributed by atoms with E-state index in [0.29, 0.717) is 28.7 Å². The third-order valence-corrected chi connectivity index (χ3v) is 19.0. The number of rotatable bonds is 9. The molecule has 0 saturated heterocycles. The zero-order chi connectivity index (χ0) is 55.0. The maximum absolute atomic E-state index is 7.15. The first-order valence-corrected chi connectivity index (χ1v) is 29.8. The Morgan fingerprint density at radius 1 is 0.286 bits per heavy atom. The van der Waals surface area contributed by atoms with Crippen molar-refractivity contribution in [2.24, 2.45) is 0 Å². The van der Waals surface area contributed by atoms with E-state index in [4.69, 9.17) is 28.4 Å². The SMILES string of the molecule is c1ccc(Oc2ccccc2Oc2cc3c4c(c2)N2c5ccccc5Oc5cccc(c52)B4c2cc4c(cc2[Se]3)N(c2ccccc2)c2cc(Oc3ccccc3Oc3ccccc3)cc3c2B4c2cccc4c2N3c2ccccc2O4)cc1. The molecule has 12 heteroatoms. The summed E-state index contributed by atoms with van der Waals surface area (Å²) in [6.45, 7) is -0.353. The van der Waals surface area contributed by atoms with Crippen molar-refractivity contribution in [1.29, 1.82) is 0 Å². The van der Waals surface area contributed by atoms with Crippen molar-refractivity contribution >= 4 is 121 Å². The number of hydrogen-bond donors (Lipinski definition) is 0. The molecule has 6 heterocycles. The fourth-order valence-corrected chi connectivity index (χ4v) is 15.8. The molecule has 0 bridgehead atoms. The van der Waals surface area contributed by atoms with E-state index >= 15 is 0 Å². The van der Waals surface area contributed by atoms with E-state index in [1.165, 1.54) is 36.2 Å². The predicted molar refractivity (Wildman–Crippen MR) is 337 cm³/mol. The topological polar surface area (TPSA) is 65.1 Å². The molecule has 0 saturated carbocycles. The van der Waals surface area contributed by atoms with Gasteiger partial charge in [0.25, 0.3) is 0 Å². The summed E-state index contributed by atoms with van der Waals surface area (Å²) >= 11 is -0.209. The Morgan fingerprint density at radius 2 is 0.714 bits per heavy atom. The number of fused-ring (bicyclic) bond motifs is 12. The van der Waals surface area contributed by atoms with E-state index in [0.717, 1.165) is 96.9 Å². The number of anilines is 9. The van der Waals surface area contributed by atoms with Crippen LogP contribution in [-0.4, -0.2) is 28.4 Å². The summed E-state index contributed by atoms with van der Waals surface area (Å²) in [7, 11) is 0. The van der Waals surface area contributed by atoms with E-state index in [1.807, 2.05) is 121 Å². The summed E-state index contributed by atoms with van der Waals surface area (Å²) < 4.78 is 43.5. The molecule has 0 atom stereocenters. The number of para-hydroxylation sites is 13. The summed E-state index contributed by atoms with van der Waals surface area (Å²) in [4.78, 5) is 7.27. The number of nitrogens with zero attached hydrogens (tertiary/aromatic N) is 3. The second-order valence-electron chi connectivity index (χ2n) is 21.4. The standard InChI is InChI=1S/C72H43B2N3O6Se/c1-4-20-44(21-5-1)75-55-43-67-52(74-50-27-19-37-66-72(50)77(54-29-11-13-31-60(54)83-66)58-40-48(41-68(84-67)70(58)74)81-64-35-17-15-33-62(64)79-46-24-8-3-9-25-46)42-51(55)73-49-26-18-36-65-71(49)76(53-28-10-12-30-59(53)82-65)57-39-47(38-56(75)69(57)73)80-63-34-16-14-32-61(63)78-45-22-6-2-7-23-45/h1-43H. The first kappa shape index (κ1) is 47.2. The Bertz CT molecular complexity index is 4720. The van der Waals surface area contributed by atoms with Crippen LogP contribution in [0.4, 0.5) is 51.2 Å². The quantitative estimate of drug-likeness (QED) is 0.132. The van der Waals surface area contributed by atoms with E-state index in [-0.39, 0.29) is 28.4 Å². The molecule has 12 aromatic carbocycles. The van der Waals surface area contributed by atoms with Gasteiger partial charge in [-0.05, 0) is 12.1 Å². The molecule has 0 amide bonds. The molecule has 6 aliphatic heterocycles. The Kier molecular flexibility index (Phi) is 10.4. The van der Waals surface area contributed by atoms with Gasteiger partial charge in [-0.15, -0.1) is 0 Å². The van der Waals surface area contributed by atoms with Crippen LogP contribution in [0.25, 0.3) is 0 Å². The van der Waals surface area contributed by atoms with Gasteiger partial charge in [-0.1, -0.05) is 18.2 Å². The second kappa shape index (κ2) is 18.5. The maximum atomic E-state index is 7.15. The molecule has 0 spiro atoms. The molecular weight excluding hydrogens is 1100 g/mol. The van der Waals surface area contributed by atoms with Crippen molar-refractivity contribution < 1.29 is 28.4 Å². The van der Waals surface area contributed by atoms with Crippen molar-refractivity contribution in [3.05, 3.63) is 261 Å². The predicted octanol–water partition coefficient (Wildman–Crippen LogP) is 13.4. The van der Waals surface area contributed by atoms with E-state index in [1.54, 1.807) is 0 Å². The van der Waals surface area contributed by atoms with Gasteiger partial charge in [0.1, 0.15) is 0 Å². The van der Waals surface area contributed by atoms with Crippen LogP contribution in [0.1, 0.15) is 0 Å². The van der Waals surface area contributed by atoms with Crippen molar-refractivity contribution in [2.75, 3.05) is 14.7 Å². The molecule has 0 radical (unpaired) electrons. The zero-order valence-corrected chi connectivity index (χ0v) is 46.4. The van der Waals surface area contributed by atoms with Crippen molar-refractivity contribution in [2.45, 2.75) is 0 Å². The third kappa shape index (κ3) is 7.24. The van der Waals surface area contributed by atoms with Crippen LogP contribution in [0.3, 0.4) is 0 Å². The molecular formula is C72H43B2N3O6Se. The molecule has 84 heavy (non-hydrogen) atoms. The molecule has 12 aromatic rings. The first-order valence-electron chi connectivity index (χ1n) is 28.1. The van der Waals surface area contributed by atoms with Gasteiger partial charge in [0.05, 0.1) is 0 Å². The van der Waals surface area contributed by atoms with Gasteiger partial charge < -0.3 is 0 Å². The van der Waals surface area contributed by atoms with Crippen LogP contribution in [0.15, 0.2) is 261 Å². The van der Waals surface area contributed by atoms with Gasteiger partial charge in [-0.3, -0.25) is 0 Å². The average Bonchev–Trinajstić information content (AvgIpc) is 0.850. The number of benzene rings is 12. The average molecular weight is 1150 g/mol. The molecule has 394 valence electrons. The zero-order valence-electron chi connectivity index (χ0n) is 44.7. The van der Waals surface area contributed by atoms with Crippen LogP contribution in [0.2, 0.25) is 0 Å². The molecule has 6 aliphatic rings. The van der Waals surface area contributed by atoms with Crippen LogP contribution in [-0.2, 0) is 0 Å². The van der Waals surface area contributed by atoms with Crippen molar-refractivity contribution in [1.82, 2.24) is 0 Å². The summed E-state index contributed by atoms with van der Waals surface area (Å²) in [6.07, 6.45) is 0. The van der Waals surface area contributed by atoms with Gasteiger partial charge in [-0.2, -0.15) is 0 Å². The normalized spacial score (nSPS) is 13.5. The Morgan fingerprint density at radius 3 is 1.26 bits per heavy atom. The fraction of sp³-hybridized carbons (Fsp3) is 0. The first-order chi connectivity index (χ1) is 41.6. The van der Waals surface area contributed by atoms with Crippen molar-refractivity contribution in [3.8, 4) is 69.0 Å². The van der Waals surface area contributed by atoms with E-state index in [9.17, 15) is 0 Å². The molecule has 18 rings (SSSR count). The molecule has 0 fully saturated rings. The molecule has 0 unspecified atom stereocenters. The van der Waals surface area contributed by atoms with E-state index in [2.05, 4.69) is 154 Å². The van der Waals surface area contributed by atoms with Crippen LogP contribution in [0, 0.1) is 0 Å². The second-order valence-corrected chi connectivity index (χ2v) is 23.7. The van der Waals surface area contributed by atoms with Crippen LogP contribution in [0.5, 0.6) is 69.0 Å². The van der Waals surface area contributed by atoms with Gasteiger partial charge in [-0.25, -0.2) is 0 Å². The fourth-order valence-electron chi connectivity index (χ4n) is 13.3. The van der Waals surface area contributed by atoms with Gasteiger partial charge in [0.2, 0.25) is 0 Å². The minimum absolute atomic E-state index is 0.145. The monoisotopic (exact) mass is 1150 g/mol. The molecule has 9 nitrogen and oxygen atoms in total. The summed E-state index contributed by atoms with van der Waals surface area (Å²) in [5.41, 5.74) is 16.5. The number of hydrogen-bond acceptors (Lipinski definition) is 9. The molecule has 0 aromatic heterocycles. The van der Waals surface area contributed by atoms with Gasteiger partial charge >= 0.3 is 464 Å². The van der Waals surface area contributed by atoms with E-state index < -0.39 is 0 Å². The van der Waals surface area contributed by atoms with Crippen molar-refractivity contribution in [3.63, 3.8) is 0 Å². The van der Waals surface area contributed by atoms with Crippen LogP contribution < -0.4 is 84.8 Å². The minimum atomic E-state index is -0.209. The molecule has 0 aliphatic carbocycles. The Labute approximate surface area is 491 Å². The summed E-state index contributed by atoms with van der Waals surface area (Å²) in [5, 5.41) is 0. The van der Waals surface area contributed by atoms with Crippen LogP contribution >= 0.6 is 0 Å². The third-order valence-electron chi connectivity index (χ3n) is 16.6. The summed E-state index contributed by atoms with van der Waals surface area (Å²) in [6, 6.07) is 90.0. The number of ether oxygens (including phenoxy) is 6. The Balaban J connectivity index is 0.863. The summed E-state index contributed by atoms with van der Waals surface area (Å²) in [5.74, 6) is 8.50. The van der Waals surface area contributed by atoms with Gasteiger partial charge in [0, 0.05) is 0 Å². The Hall–Kier alpha value is -10.5.